The number of hydrogen-bond acceptors (Lipinski definition) is 3. The molecular formula is C46H29NOS. The number of furan rings is 1. The molecule has 230 valence electrons. The molecule has 10 rings (SSSR count). The Kier molecular flexibility index (Phi) is 6.39. The predicted octanol–water partition coefficient (Wildman–Crippen LogP) is 13.9. The van der Waals surface area contributed by atoms with Gasteiger partial charge in [0.05, 0.1) is 16.8 Å². The number of hydrogen-bond donors (Lipinski definition) is 0. The maximum atomic E-state index is 6.42. The van der Waals surface area contributed by atoms with Gasteiger partial charge in [-0.2, -0.15) is 0 Å². The van der Waals surface area contributed by atoms with Crippen LogP contribution >= 0.6 is 11.3 Å². The third-order valence-electron chi connectivity index (χ3n) is 9.66. The third-order valence-corrected chi connectivity index (χ3v) is 10.8. The first-order valence-electron chi connectivity index (χ1n) is 16.6. The zero-order chi connectivity index (χ0) is 32.3. The zero-order valence-corrected chi connectivity index (χ0v) is 27.3. The molecule has 8 aromatic carbocycles. The van der Waals surface area contributed by atoms with Crippen molar-refractivity contribution in [2.24, 2.45) is 0 Å². The van der Waals surface area contributed by atoms with Crippen molar-refractivity contribution in [2.75, 3.05) is 4.90 Å². The quantitative estimate of drug-likeness (QED) is 0.186. The highest BCUT2D eigenvalue weighted by atomic mass is 32.1. The maximum Gasteiger partial charge on any atom is 0.137 e. The minimum atomic E-state index is 0.877. The van der Waals surface area contributed by atoms with Crippen molar-refractivity contribution in [3.8, 4) is 22.3 Å². The van der Waals surface area contributed by atoms with Gasteiger partial charge in [0.25, 0.3) is 0 Å². The van der Waals surface area contributed by atoms with E-state index in [4.69, 9.17) is 4.42 Å². The summed E-state index contributed by atoms with van der Waals surface area (Å²) >= 11 is 1.85. The first-order chi connectivity index (χ1) is 24.3. The van der Waals surface area contributed by atoms with E-state index in [1.165, 1.54) is 47.6 Å². The van der Waals surface area contributed by atoms with Crippen LogP contribution in [0.15, 0.2) is 180 Å². The molecule has 10 aromatic rings. The van der Waals surface area contributed by atoms with Crippen molar-refractivity contribution >= 4 is 81.3 Å². The van der Waals surface area contributed by atoms with E-state index in [0.717, 1.165) is 44.6 Å². The van der Waals surface area contributed by atoms with Gasteiger partial charge in [0.1, 0.15) is 11.2 Å². The smallest absolute Gasteiger partial charge is 0.137 e. The molecule has 0 fully saturated rings. The van der Waals surface area contributed by atoms with Gasteiger partial charge in [0, 0.05) is 36.8 Å². The summed E-state index contributed by atoms with van der Waals surface area (Å²) < 4.78 is 8.98. The van der Waals surface area contributed by atoms with Gasteiger partial charge in [-0.25, -0.2) is 0 Å². The van der Waals surface area contributed by atoms with Crippen LogP contribution in [0, 0.1) is 0 Å². The molecule has 0 aliphatic rings. The second kappa shape index (κ2) is 11.2. The molecule has 2 aromatic heterocycles. The molecule has 0 N–H and O–H groups in total. The van der Waals surface area contributed by atoms with Crippen LogP contribution < -0.4 is 4.90 Å². The van der Waals surface area contributed by atoms with E-state index in [0.29, 0.717) is 0 Å². The fourth-order valence-electron chi connectivity index (χ4n) is 7.45. The molecular weight excluding hydrogens is 615 g/mol. The Bertz CT molecular complexity index is 2850. The predicted molar refractivity (Wildman–Crippen MR) is 210 cm³/mol. The molecule has 0 atom stereocenters. The van der Waals surface area contributed by atoms with E-state index >= 15 is 0 Å². The Labute approximate surface area is 287 Å². The number of para-hydroxylation sites is 2. The summed E-state index contributed by atoms with van der Waals surface area (Å²) in [6, 6.07) is 63.3. The van der Waals surface area contributed by atoms with Crippen molar-refractivity contribution < 1.29 is 4.42 Å². The van der Waals surface area contributed by atoms with Gasteiger partial charge in [-0.15, -0.1) is 11.3 Å². The molecule has 0 saturated carbocycles. The van der Waals surface area contributed by atoms with Crippen LogP contribution in [0.4, 0.5) is 17.1 Å². The lowest BCUT2D eigenvalue weighted by molar-refractivity contribution is 0.669. The summed E-state index contributed by atoms with van der Waals surface area (Å²) in [5, 5.41) is 7.30. The van der Waals surface area contributed by atoms with Crippen molar-refractivity contribution in [1.82, 2.24) is 0 Å². The van der Waals surface area contributed by atoms with Gasteiger partial charge in [-0.1, -0.05) is 127 Å². The summed E-state index contributed by atoms with van der Waals surface area (Å²) in [6.07, 6.45) is 0. The molecule has 0 aliphatic carbocycles. The number of nitrogens with zero attached hydrogens (tertiary/aromatic N) is 1. The fraction of sp³-hybridized carbons (Fsp3) is 0. The molecule has 2 nitrogen and oxygen atoms in total. The monoisotopic (exact) mass is 643 g/mol. The molecule has 0 saturated heterocycles. The standard InChI is InChI=1S/C46H29NOS/c1-2-16-34-30(12-1)13-10-20-35(34)31-14-9-15-32(28-31)36-17-3-6-21-40(36)47(33-26-27-38-37-18-5-8-25-44(37)49-45(38)29-33)41-22-11-24-43-46(41)39-19-4-7-23-42(39)48-43/h1-29H. The Hall–Kier alpha value is -6.16. The molecule has 0 spiro atoms. The molecule has 2 heterocycles. The molecule has 0 bridgehead atoms. The number of rotatable bonds is 5. The van der Waals surface area contributed by atoms with E-state index in [9.17, 15) is 0 Å². The van der Waals surface area contributed by atoms with Gasteiger partial charge in [-0.05, 0) is 76.0 Å². The number of thiophene rings is 1. The highest BCUT2D eigenvalue weighted by Crippen LogP contribution is 2.47. The van der Waals surface area contributed by atoms with Gasteiger partial charge >= 0.3 is 0 Å². The summed E-state index contributed by atoms with van der Waals surface area (Å²) in [7, 11) is 0. The van der Waals surface area contributed by atoms with Crippen molar-refractivity contribution in [2.45, 2.75) is 0 Å². The van der Waals surface area contributed by atoms with Gasteiger partial charge < -0.3 is 9.32 Å². The van der Waals surface area contributed by atoms with Gasteiger partial charge in [-0.3, -0.25) is 0 Å². The molecule has 0 radical (unpaired) electrons. The van der Waals surface area contributed by atoms with Crippen LogP contribution in [0.5, 0.6) is 0 Å². The van der Waals surface area contributed by atoms with Crippen LogP contribution in [0.3, 0.4) is 0 Å². The average Bonchev–Trinajstić information content (AvgIpc) is 3.73. The number of benzene rings is 8. The number of fused-ring (bicyclic) bond motifs is 7. The van der Waals surface area contributed by atoms with Crippen molar-refractivity contribution in [3.63, 3.8) is 0 Å². The van der Waals surface area contributed by atoms with E-state index in [1.54, 1.807) is 0 Å². The topological polar surface area (TPSA) is 16.4 Å². The minimum absolute atomic E-state index is 0.877. The first kappa shape index (κ1) is 27.9. The van der Waals surface area contributed by atoms with Crippen LogP contribution in [0.1, 0.15) is 0 Å². The Morgan fingerprint density at radius 2 is 1.04 bits per heavy atom. The molecule has 3 heteroatoms. The second-order valence-corrected chi connectivity index (χ2v) is 13.6. The van der Waals surface area contributed by atoms with E-state index in [1.807, 2.05) is 17.4 Å². The molecule has 49 heavy (non-hydrogen) atoms. The largest absolute Gasteiger partial charge is 0.456 e. The molecule has 0 amide bonds. The SMILES string of the molecule is c1cc(-c2ccccc2N(c2ccc3c(c2)sc2ccccc23)c2cccc3oc4ccccc4c23)cc(-c2cccc3ccccc23)c1. The Morgan fingerprint density at radius 1 is 0.408 bits per heavy atom. The normalized spacial score (nSPS) is 11.7. The number of anilines is 3. The lowest BCUT2D eigenvalue weighted by atomic mass is 9.94. The molecule has 0 aliphatic heterocycles. The Morgan fingerprint density at radius 3 is 1.98 bits per heavy atom. The van der Waals surface area contributed by atoms with Crippen molar-refractivity contribution in [1.29, 1.82) is 0 Å². The highest BCUT2D eigenvalue weighted by molar-refractivity contribution is 7.25. The second-order valence-electron chi connectivity index (χ2n) is 12.5. The summed E-state index contributed by atoms with van der Waals surface area (Å²) in [4.78, 5) is 2.42. The van der Waals surface area contributed by atoms with Crippen LogP contribution in [-0.4, -0.2) is 0 Å². The maximum absolute atomic E-state index is 6.42. The van der Waals surface area contributed by atoms with Gasteiger partial charge in [0.15, 0.2) is 0 Å². The van der Waals surface area contributed by atoms with Crippen LogP contribution in [0.25, 0.3) is 75.1 Å². The van der Waals surface area contributed by atoms with Crippen LogP contribution in [-0.2, 0) is 0 Å². The van der Waals surface area contributed by atoms with Crippen molar-refractivity contribution in [3.05, 3.63) is 176 Å². The van der Waals surface area contributed by atoms with Gasteiger partial charge in [0.2, 0.25) is 0 Å². The van der Waals surface area contributed by atoms with E-state index in [-0.39, 0.29) is 0 Å². The highest BCUT2D eigenvalue weighted by Gasteiger charge is 2.22. The summed E-state index contributed by atoms with van der Waals surface area (Å²) in [5.74, 6) is 0. The summed E-state index contributed by atoms with van der Waals surface area (Å²) in [6.45, 7) is 0. The van der Waals surface area contributed by atoms with Crippen LogP contribution in [0.2, 0.25) is 0 Å². The average molecular weight is 644 g/mol. The fourth-order valence-corrected chi connectivity index (χ4v) is 8.59. The lowest BCUT2D eigenvalue weighted by Crippen LogP contribution is -2.11. The lowest BCUT2D eigenvalue weighted by Gasteiger charge is -2.28. The Balaban J connectivity index is 1.22. The molecule has 0 unspecified atom stereocenters. The minimum Gasteiger partial charge on any atom is -0.456 e. The first-order valence-corrected chi connectivity index (χ1v) is 17.4. The van der Waals surface area contributed by atoms with E-state index in [2.05, 4.69) is 175 Å². The summed E-state index contributed by atoms with van der Waals surface area (Å²) in [5.41, 5.74) is 9.82. The van der Waals surface area contributed by atoms with E-state index < -0.39 is 0 Å². The third kappa shape index (κ3) is 4.55. The zero-order valence-electron chi connectivity index (χ0n) is 26.5.